The van der Waals surface area contributed by atoms with E-state index in [-0.39, 0.29) is 0 Å². The minimum Gasteiger partial charge on any atom is -0.496 e. The molecule has 1 atom stereocenters. The predicted molar refractivity (Wildman–Crippen MR) is 71.0 cm³/mol. The van der Waals surface area contributed by atoms with Crippen molar-refractivity contribution in [2.24, 2.45) is 0 Å². The van der Waals surface area contributed by atoms with Gasteiger partial charge in [-0.05, 0) is 37.6 Å². The summed E-state index contributed by atoms with van der Waals surface area (Å²) in [5.74, 6) is 1.36. The molecule has 1 aromatic carbocycles. The second kappa shape index (κ2) is 6.62. The second-order valence-electron chi connectivity index (χ2n) is 4.40. The lowest BCUT2D eigenvalue weighted by Gasteiger charge is -2.19. The minimum absolute atomic E-state index is 0.383. The van der Waals surface area contributed by atoms with E-state index in [0.717, 1.165) is 18.9 Å². The molecule has 3 nitrogen and oxygen atoms in total. The van der Waals surface area contributed by atoms with Gasteiger partial charge in [0.2, 0.25) is 0 Å². The molecule has 0 amide bonds. The lowest BCUT2D eigenvalue weighted by Crippen LogP contribution is -2.21. The van der Waals surface area contributed by atoms with Crippen LogP contribution >= 0.6 is 0 Å². The third-order valence-electron chi connectivity index (χ3n) is 2.98. The molecular formula is C14H23NO2. The highest BCUT2D eigenvalue weighted by Gasteiger charge is 2.13. The van der Waals surface area contributed by atoms with E-state index >= 15 is 0 Å². The molecule has 0 heterocycles. The average Bonchev–Trinajstić information content (AvgIpc) is 2.28. The van der Waals surface area contributed by atoms with Gasteiger partial charge in [-0.3, -0.25) is 0 Å². The molecule has 0 spiro atoms. The Morgan fingerprint density at radius 3 is 2.18 bits per heavy atom. The predicted octanol–water partition coefficient (Wildman–Crippen LogP) is 2.26. The van der Waals surface area contributed by atoms with E-state index in [2.05, 4.69) is 31.3 Å². The zero-order chi connectivity index (χ0) is 12.8. The molecule has 0 aliphatic heterocycles. The lowest BCUT2D eigenvalue weighted by molar-refractivity contribution is 0.178. The van der Waals surface area contributed by atoms with E-state index < -0.39 is 0 Å². The van der Waals surface area contributed by atoms with Gasteiger partial charge in [-0.2, -0.15) is 0 Å². The van der Waals surface area contributed by atoms with Crippen LogP contribution in [0.3, 0.4) is 0 Å². The van der Waals surface area contributed by atoms with Crippen LogP contribution in [0.15, 0.2) is 12.1 Å². The fraction of sp³-hybridized carbons (Fsp3) is 0.571. The van der Waals surface area contributed by atoms with Crippen molar-refractivity contribution in [3.63, 3.8) is 0 Å². The van der Waals surface area contributed by atoms with Crippen LogP contribution in [0.5, 0.6) is 5.75 Å². The number of rotatable bonds is 6. The van der Waals surface area contributed by atoms with Crippen LogP contribution in [0.1, 0.15) is 22.6 Å². The summed E-state index contributed by atoms with van der Waals surface area (Å²) in [6, 6.07) is 4.37. The molecule has 17 heavy (non-hydrogen) atoms. The molecule has 0 fully saturated rings. The number of aryl methyl sites for hydroxylation is 2. The van der Waals surface area contributed by atoms with Gasteiger partial charge in [0.05, 0.1) is 13.7 Å². The molecular weight excluding hydrogens is 214 g/mol. The quantitative estimate of drug-likeness (QED) is 0.823. The Kier molecular flexibility index (Phi) is 5.45. The molecule has 1 rings (SSSR count). The molecule has 96 valence electrons. The summed E-state index contributed by atoms with van der Waals surface area (Å²) in [5, 5.41) is 3.21. The fourth-order valence-electron chi connectivity index (χ4n) is 2.26. The van der Waals surface area contributed by atoms with Crippen LogP contribution in [-0.2, 0) is 4.74 Å². The standard InChI is InChI=1S/C14H23NO2/c1-10-6-12(7-11(2)14(10)17-5)13(8-15-3)9-16-4/h6-7,13,15H,8-9H2,1-5H3. The summed E-state index contributed by atoms with van der Waals surface area (Å²) in [6.07, 6.45) is 0. The van der Waals surface area contributed by atoms with Gasteiger partial charge >= 0.3 is 0 Å². The Balaban J connectivity index is 3.03. The first kappa shape index (κ1) is 14.0. The summed E-state index contributed by atoms with van der Waals surface area (Å²) in [6.45, 7) is 5.81. The van der Waals surface area contributed by atoms with E-state index in [1.165, 1.54) is 16.7 Å². The van der Waals surface area contributed by atoms with Crippen molar-refractivity contribution < 1.29 is 9.47 Å². The third kappa shape index (κ3) is 3.45. The van der Waals surface area contributed by atoms with Gasteiger partial charge in [-0.1, -0.05) is 12.1 Å². The average molecular weight is 237 g/mol. The van der Waals surface area contributed by atoms with Crippen LogP contribution < -0.4 is 10.1 Å². The zero-order valence-corrected chi connectivity index (χ0v) is 11.5. The largest absolute Gasteiger partial charge is 0.496 e. The highest BCUT2D eigenvalue weighted by atomic mass is 16.5. The van der Waals surface area contributed by atoms with Gasteiger partial charge in [0.1, 0.15) is 5.75 Å². The molecule has 1 N–H and O–H groups in total. The van der Waals surface area contributed by atoms with Gasteiger partial charge in [0, 0.05) is 19.6 Å². The number of methoxy groups -OCH3 is 2. The molecule has 0 radical (unpaired) electrons. The van der Waals surface area contributed by atoms with E-state index in [4.69, 9.17) is 9.47 Å². The van der Waals surface area contributed by atoms with Crippen molar-refractivity contribution in [3.8, 4) is 5.75 Å². The van der Waals surface area contributed by atoms with Crippen LogP contribution in [0, 0.1) is 13.8 Å². The second-order valence-corrected chi connectivity index (χ2v) is 4.40. The van der Waals surface area contributed by atoms with Crippen molar-refractivity contribution >= 4 is 0 Å². The summed E-state index contributed by atoms with van der Waals surface area (Å²) >= 11 is 0. The summed E-state index contributed by atoms with van der Waals surface area (Å²) < 4.78 is 10.7. The zero-order valence-electron chi connectivity index (χ0n) is 11.5. The number of hydrogen-bond acceptors (Lipinski definition) is 3. The van der Waals surface area contributed by atoms with Gasteiger partial charge in [-0.25, -0.2) is 0 Å². The van der Waals surface area contributed by atoms with Gasteiger partial charge < -0.3 is 14.8 Å². The Bertz CT molecular complexity index is 334. The van der Waals surface area contributed by atoms with Gasteiger partial charge in [0.15, 0.2) is 0 Å². The first-order valence-corrected chi connectivity index (χ1v) is 5.92. The summed E-state index contributed by atoms with van der Waals surface area (Å²) in [4.78, 5) is 0. The summed E-state index contributed by atoms with van der Waals surface area (Å²) in [7, 11) is 5.42. The van der Waals surface area contributed by atoms with Crippen LogP contribution in [0.4, 0.5) is 0 Å². The van der Waals surface area contributed by atoms with Crippen molar-refractivity contribution in [2.45, 2.75) is 19.8 Å². The van der Waals surface area contributed by atoms with E-state index in [9.17, 15) is 0 Å². The van der Waals surface area contributed by atoms with Crippen molar-refractivity contribution in [3.05, 3.63) is 28.8 Å². The Morgan fingerprint density at radius 2 is 1.76 bits per heavy atom. The highest BCUT2D eigenvalue weighted by molar-refractivity contribution is 5.44. The summed E-state index contributed by atoms with van der Waals surface area (Å²) in [5.41, 5.74) is 3.66. The third-order valence-corrected chi connectivity index (χ3v) is 2.98. The van der Waals surface area contributed by atoms with Crippen LogP contribution in [0.2, 0.25) is 0 Å². The topological polar surface area (TPSA) is 30.5 Å². The molecule has 0 bridgehead atoms. The van der Waals surface area contributed by atoms with E-state index in [1.54, 1.807) is 14.2 Å². The van der Waals surface area contributed by atoms with Crippen molar-refractivity contribution in [1.29, 1.82) is 0 Å². The number of hydrogen-bond donors (Lipinski definition) is 1. The van der Waals surface area contributed by atoms with Gasteiger partial charge in [-0.15, -0.1) is 0 Å². The van der Waals surface area contributed by atoms with Gasteiger partial charge in [0.25, 0.3) is 0 Å². The Labute approximate surface area is 104 Å². The molecule has 3 heteroatoms. The molecule has 1 aromatic rings. The van der Waals surface area contributed by atoms with E-state index in [0.29, 0.717) is 5.92 Å². The smallest absolute Gasteiger partial charge is 0.124 e. The first-order valence-electron chi connectivity index (χ1n) is 5.92. The maximum Gasteiger partial charge on any atom is 0.124 e. The molecule has 0 aliphatic carbocycles. The fourth-order valence-corrected chi connectivity index (χ4v) is 2.26. The van der Waals surface area contributed by atoms with Crippen LogP contribution in [0.25, 0.3) is 0 Å². The van der Waals surface area contributed by atoms with E-state index in [1.807, 2.05) is 7.05 Å². The number of nitrogens with one attached hydrogen (secondary N) is 1. The minimum atomic E-state index is 0.383. The number of ether oxygens (including phenoxy) is 2. The monoisotopic (exact) mass is 237 g/mol. The lowest BCUT2D eigenvalue weighted by atomic mass is 9.95. The number of likely N-dealkylation sites (N-methyl/N-ethyl adjacent to an activating group) is 1. The first-order chi connectivity index (χ1) is 8.13. The molecule has 0 saturated carbocycles. The van der Waals surface area contributed by atoms with Crippen molar-refractivity contribution in [1.82, 2.24) is 5.32 Å². The molecule has 0 aromatic heterocycles. The SMILES string of the molecule is CNCC(COC)c1cc(C)c(OC)c(C)c1. The molecule has 0 aliphatic rings. The Morgan fingerprint density at radius 1 is 1.18 bits per heavy atom. The molecule has 1 unspecified atom stereocenters. The maximum absolute atomic E-state index is 5.38. The Hall–Kier alpha value is -1.06. The van der Waals surface area contributed by atoms with Crippen molar-refractivity contribution in [2.75, 3.05) is 34.4 Å². The normalized spacial score (nSPS) is 12.5. The van der Waals surface area contributed by atoms with Crippen LogP contribution in [-0.4, -0.2) is 34.4 Å². The molecule has 0 saturated heterocycles. The number of benzene rings is 1. The maximum atomic E-state index is 5.38. The highest BCUT2D eigenvalue weighted by Crippen LogP contribution is 2.28.